The Morgan fingerprint density at radius 2 is 2.10 bits per heavy atom. The van der Waals surface area contributed by atoms with Crippen molar-refractivity contribution >= 4 is 68.5 Å². The van der Waals surface area contributed by atoms with Crippen LogP contribution in [0.5, 0.6) is 0 Å². The molecular weight excluding hydrogens is 469 g/mol. The van der Waals surface area contributed by atoms with Gasteiger partial charge in [0.05, 0.1) is 10.3 Å². The zero-order chi connectivity index (χ0) is 13.5. The lowest BCUT2D eigenvalue weighted by Gasteiger charge is -2.10. The van der Waals surface area contributed by atoms with Crippen molar-refractivity contribution in [1.29, 1.82) is 0 Å². The molecule has 0 saturated heterocycles. The lowest BCUT2D eigenvalue weighted by Crippen LogP contribution is -2.37. The minimum atomic E-state index is 0. The van der Waals surface area contributed by atoms with E-state index in [1.807, 2.05) is 0 Å². The van der Waals surface area contributed by atoms with E-state index in [0.717, 1.165) is 25.5 Å². The molecule has 2 rings (SSSR count). The van der Waals surface area contributed by atoms with E-state index in [4.69, 9.17) is 0 Å². The topological polar surface area (TPSA) is 36.4 Å². The van der Waals surface area contributed by atoms with Crippen LogP contribution in [-0.2, 0) is 13.0 Å². The van der Waals surface area contributed by atoms with E-state index < -0.39 is 0 Å². The molecular formula is C13H17BrIN3S2. The molecule has 2 aromatic heterocycles. The van der Waals surface area contributed by atoms with E-state index in [2.05, 4.69) is 61.2 Å². The van der Waals surface area contributed by atoms with Crippen molar-refractivity contribution in [3.63, 3.8) is 0 Å². The van der Waals surface area contributed by atoms with Crippen LogP contribution in [0.15, 0.2) is 38.4 Å². The monoisotopic (exact) mass is 485 g/mol. The zero-order valence-electron chi connectivity index (χ0n) is 11.1. The number of hydrogen-bond donors (Lipinski definition) is 2. The number of rotatable bonds is 5. The first-order valence-corrected chi connectivity index (χ1v) is 8.48. The highest BCUT2D eigenvalue weighted by Crippen LogP contribution is 2.21. The third-order valence-electron chi connectivity index (χ3n) is 2.53. The molecule has 2 aromatic rings. The van der Waals surface area contributed by atoms with Gasteiger partial charge in [-0.3, -0.25) is 4.99 Å². The molecule has 0 unspecified atom stereocenters. The first kappa shape index (κ1) is 17.9. The third kappa shape index (κ3) is 6.11. The molecule has 7 heteroatoms. The van der Waals surface area contributed by atoms with Gasteiger partial charge in [-0.25, -0.2) is 0 Å². The van der Waals surface area contributed by atoms with Crippen LogP contribution in [-0.4, -0.2) is 19.6 Å². The summed E-state index contributed by atoms with van der Waals surface area (Å²) in [5.74, 6) is 0.851. The van der Waals surface area contributed by atoms with Gasteiger partial charge in [-0.2, -0.15) is 0 Å². The molecule has 0 aliphatic heterocycles. The second kappa shape index (κ2) is 9.75. The maximum atomic E-state index is 4.22. The van der Waals surface area contributed by atoms with Crippen molar-refractivity contribution in [3.8, 4) is 0 Å². The van der Waals surface area contributed by atoms with Crippen LogP contribution < -0.4 is 10.6 Å². The van der Waals surface area contributed by atoms with Crippen LogP contribution in [0.2, 0.25) is 0 Å². The number of nitrogens with zero attached hydrogens (tertiary/aromatic N) is 1. The zero-order valence-corrected chi connectivity index (χ0v) is 16.6. The normalized spacial score (nSPS) is 11.0. The average molecular weight is 486 g/mol. The Morgan fingerprint density at radius 1 is 1.25 bits per heavy atom. The van der Waals surface area contributed by atoms with Gasteiger partial charge in [-0.1, -0.05) is 6.07 Å². The van der Waals surface area contributed by atoms with E-state index in [1.165, 1.54) is 13.5 Å². The van der Waals surface area contributed by atoms with Gasteiger partial charge in [0.25, 0.3) is 0 Å². The van der Waals surface area contributed by atoms with E-state index >= 15 is 0 Å². The van der Waals surface area contributed by atoms with Gasteiger partial charge in [-0.05, 0) is 45.9 Å². The molecule has 3 nitrogen and oxygen atoms in total. The molecule has 0 aromatic carbocycles. The Labute approximate surface area is 153 Å². The Morgan fingerprint density at radius 3 is 2.70 bits per heavy atom. The predicted octanol–water partition coefficient (Wildman–Crippen LogP) is 4.10. The minimum absolute atomic E-state index is 0. The largest absolute Gasteiger partial charge is 0.356 e. The molecule has 20 heavy (non-hydrogen) atoms. The van der Waals surface area contributed by atoms with E-state index in [0.29, 0.717) is 0 Å². The summed E-state index contributed by atoms with van der Waals surface area (Å²) in [7, 11) is 1.80. The highest BCUT2D eigenvalue weighted by molar-refractivity contribution is 14.0. The Balaban J connectivity index is 0.00000200. The SMILES string of the molecule is CN=C(NCCc1ccc(Br)s1)NCc1cccs1.I. The van der Waals surface area contributed by atoms with Crippen LogP contribution in [0.4, 0.5) is 0 Å². The van der Waals surface area contributed by atoms with Crippen LogP contribution in [0.1, 0.15) is 9.75 Å². The van der Waals surface area contributed by atoms with Crippen molar-refractivity contribution in [1.82, 2.24) is 10.6 Å². The average Bonchev–Trinajstić information content (AvgIpc) is 3.05. The number of hydrogen-bond acceptors (Lipinski definition) is 3. The van der Waals surface area contributed by atoms with E-state index in [-0.39, 0.29) is 24.0 Å². The van der Waals surface area contributed by atoms with Crippen molar-refractivity contribution < 1.29 is 0 Å². The molecule has 0 fully saturated rings. The number of thiophene rings is 2. The van der Waals surface area contributed by atoms with Crippen molar-refractivity contribution in [2.24, 2.45) is 4.99 Å². The van der Waals surface area contributed by atoms with Crippen molar-refractivity contribution in [2.45, 2.75) is 13.0 Å². The number of guanidine groups is 1. The smallest absolute Gasteiger partial charge is 0.191 e. The number of aliphatic imine (C=N–C) groups is 1. The molecule has 2 heterocycles. The fourth-order valence-corrected chi connectivity index (χ4v) is 3.72. The summed E-state index contributed by atoms with van der Waals surface area (Å²) in [4.78, 5) is 6.90. The Hall–Kier alpha value is -0.120. The molecule has 0 aliphatic carbocycles. The minimum Gasteiger partial charge on any atom is -0.356 e. The molecule has 0 atom stereocenters. The summed E-state index contributed by atoms with van der Waals surface area (Å²) in [5, 5.41) is 8.72. The molecule has 110 valence electrons. The highest BCUT2D eigenvalue weighted by Gasteiger charge is 2.00. The lowest BCUT2D eigenvalue weighted by atomic mass is 10.3. The predicted molar refractivity (Wildman–Crippen MR) is 104 cm³/mol. The van der Waals surface area contributed by atoms with E-state index in [9.17, 15) is 0 Å². The number of nitrogens with one attached hydrogen (secondary N) is 2. The molecule has 0 aliphatic rings. The Bertz CT molecular complexity index is 525. The van der Waals surface area contributed by atoms with E-state index in [1.54, 1.807) is 29.7 Å². The summed E-state index contributed by atoms with van der Waals surface area (Å²) in [6.07, 6.45) is 1.01. The van der Waals surface area contributed by atoms with Crippen LogP contribution in [0.3, 0.4) is 0 Å². The van der Waals surface area contributed by atoms with Crippen molar-refractivity contribution in [2.75, 3.05) is 13.6 Å². The summed E-state index contributed by atoms with van der Waals surface area (Å²) in [6, 6.07) is 8.42. The van der Waals surface area contributed by atoms with Gasteiger partial charge < -0.3 is 10.6 Å². The highest BCUT2D eigenvalue weighted by atomic mass is 127. The van der Waals surface area contributed by atoms with Crippen molar-refractivity contribution in [3.05, 3.63) is 43.2 Å². The van der Waals surface area contributed by atoms with Gasteiger partial charge in [-0.15, -0.1) is 46.7 Å². The van der Waals surface area contributed by atoms with Crippen LogP contribution in [0.25, 0.3) is 0 Å². The summed E-state index contributed by atoms with van der Waals surface area (Å²) in [6.45, 7) is 1.71. The molecule has 0 radical (unpaired) electrons. The molecule has 0 amide bonds. The first-order chi connectivity index (χ1) is 9.28. The van der Waals surface area contributed by atoms with Gasteiger partial charge in [0.1, 0.15) is 0 Å². The fraction of sp³-hybridized carbons (Fsp3) is 0.308. The third-order valence-corrected chi connectivity index (χ3v) is 5.09. The quantitative estimate of drug-likeness (QED) is 0.380. The Kier molecular flexibility index (Phi) is 8.74. The second-order valence-electron chi connectivity index (χ2n) is 3.89. The standard InChI is InChI=1S/C13H16BrN3S2.HI/c1-15-13(17-9-11-3-2-8-18-11)16-7-6-10-4-5-12(14)19-10;/h2-5,8H,6-7,9H2,1H3,(H2,15,16,17);1H. The second-order valence-corrected chi connectivity index (χ2v) is 7.47. The molecule has 0 spiro atoms. The van der Waals surface area contributed by atoms with Gasteiger partial charge in [0, 0.05) is 23.3 Å². The maximum Gasteiger partial charge on any atom is 0.191 e. The number of halogens is 2. The fourth-order valence-electron chi connectivity index (χ4n) is 1.59. The van der Waals surface area contributed by atoms with Gasteiger partial charge in [0.2, 0.25) is 0 Å². The first-order valence-electron chi connectivity index (χ1n) is 5.99. The summed E-state index contributed by atoms with van der Waals surface area (Å²) >= 11 is 7.00. The van der Waals surface area contributed by atoms with Crippen LogP contribution >= 0.6 is 62.6 Å². The maximum absolute atomic E-state index is 4.22. The summed E-state index contributed by atoms with van der Waals surface area (Å²) < 4.78 is 1.18. The summed E-state index contributed by atoms with van der Waals surface area (Å²) in [5.41, 5.74) is 0. The van der Waals surface area contributed by atoms with Crippen LogP contribution in [0, 0.1) is 0 Å². The molecule has 0 saturated carbocycles. The molecule has 0 bridgehead atoms. The van der Waals surface area contributed by atoms with Gasteiger partial charge >= 0.3 is 0 Å². The molecule has 2 N–H and O–H groups in total. The van der Waals surface area contributed by atoms with Gasteiger partial charge in [0.15, 0.2) is 5.96 Å². The lowest BCUT2D eigenvalue weighted by molar-refractivity contribution is 0.804.